The highest BCUT2D eigenvalue weighted by atomic mass is 16.1. The predicted octanol–water partition coefficient (Wildman–Crippen LogP) is 8.62. The highest BCUT2D eigenvalue weighted by Gasteiger charge is 2.23. The summed E-state index contributed by atoms with van der Waals surface area (Å²) in [6.07, 6.45) is 2.31. The van der Waals surface area contributed by atoms with Gasteiger partial charge in [-0.3, -0.25) is 0 Å². The Morgan fingerprint density at radius 1 is 0.909 bits per heavy atom. The molecule has 2 aromatic carbocycles. The van der Waals surface area contributed by atoms with E-state index in [1.807, 2.05) is 78.1 Å². The summed E-state index contributed by atoms with van der Waals surface area (Å²) >= 11 is 0. The number of Topliss-reactive ketones (excluding diaryl/α,β-unsaturated/α-hetero) is 1. The third kappa shape index (κ3) is 11.6. The fourth-order valence-electron chi connectivity index (χ4n) is 3.68. The zero-order valence-corrected chi connectivity index (χ0v) is 22.5. The molecular weight excluding hydrogens is 402 g/mol. The minimum Gasteiger partial charge on any atom is -0.313 e. The predicted molar refractivity (Wildman–Crippen MR) is 150 cm³/mol. The molecule has 0 spiro atoms. The highest BCUT2D eigenvalue weighted by Crippen LogP contribution is 2.35. The molecule has 2 aromatic rings. The van der Waals surface area contributed by atoms with Crippen molar-refractivity contribution < 1.29 is 4.79 Å². The van der Waals surface area contributed by atoms with Gasteiger partial charge in [-0.25, -0.2) is 0 Å². The molecule has 2 unspecified atom stereocenters. The minimum absolute atomic E-state index is 0.106. The first-order valence-corrected chi connectivity index (χ1v) is 12.1. The lowest BCUT2D eigenvalue weighted by Crippen LogP contribution is -2.34. The van der Waals surface area contributed by atoms with E-state index >= 15 is 0 Å². The molecule has 0 aliphatic heterocycles. The third-order valence-corrected chi connectivity index (χ3v) is 4.84. The maximum atomic E-state index is 11.6. The summed E-state index contributed by atoms with van der Waals surface area (Å²) in [5.41, 5.74) is 5.62. The fraction of sp³-hybridized carbons (Fsp3) is 0.387. The van der Waals surface area contributed by atoms with Gasteiger partial charge in [-0.2, -0.15) is 0 Å². The standard InChI is InChI=1S/C24H29NO.C3H6.2C2H6/c1-17(16-18(2)26)24(25-5)20(4)23(22-14-10-7-11-15-22)19(3)21-12-8-6-9-13-21;1-3-2;2*1-2/h6-15,17,24-25H,3,16H2,1-2,4-5H3;3H,1H2,2H3;2*1-2H3/b23-20+;;;. The van der Waals surface area contributed by atoms with Gasteiger partial charge in [0.2, 0.25) is 0 Å². The topological polar surface area (TPSA) is 29.1 Å². The average molecular weight is 450 g/mol. The lowest BCUT2D eigenvalue weighted by atomic mass is 9.83. The molecule has 0 radical (unpaired) electrons. The van der Waals surface area contributed by atoms with Gasteiger partial charge in [0, 0.05) is 12.5 Å². The van der Waals surface area contributed by atoms with E-state index in [1.165, 1.54) is 5.57 Å². The Hall–Kier alpha value is -2.71. The number of carbonyl (C=O) groups is 1. The van der Waals surface area contributed by atoms with Gasteiger partial charge in [-0.1, -0.05) is 108 Å². The summed E-state index contributed by atoms with van der Waals surface area (Å²) in [6, 6.07) is 20.7. The Morgan fingerprint density at radius 3 is 1.67 bits per heavy atom. The van der Waals surface area contributed by atoms with Gasteiger partial charge in [0.1, 0.15) is 5.78 Å². The first-order valence-electron chi connectivity index (χ1n) is 12.1. The van der Waals surface area contributed by atoms with Crippen molar-refractivity contribution >= 4 is 16.9 Å². The van der Waals surface area contributed by atoms with E-state index in [4.69, 9.17) is 0 Å². The second-order valence-electron chi connectivity index (χ2n) is 7.33. The molecule has 182 valence electrons. The number of ketones is 1. The quantitative estimate of drug-likeness (QED) is 0.323. The Balaban J connectivity index is 0. The van der Waals surface area contributed by atoms with Crippen LogP contribution in [0.5, 0.6) is 0 Å². The molecule has 0 aliphatic carbocycles. The van der Waals surface area contributed by atoms with E-state index < -0.39 is 0 Å². The van der Waals surface area contributed by atoms with Gasteiger partial charge in [0.15, 0.2) is 0 Å². The molecule has 0 saturated carbocycles. The van der Waals surface area contributed by atoms with E-state index in [9.17, 15) is 4.79 Å². The molecule has 0 amide bonds. The summed E-state index contributed by atoms with van der Waals surface area (Å²) in [5.74, 6) is 0.425. The van der Waals surface area contributed by atoms with Crippen LogP contribution in [0.15, 0.2) is 85.5 Å². The number of allylic oxidation sites excluding steroid dienone is 3. The van der Waals surface area contributed by atoms with Crippen molar-refractivity contribution in [2.45, 2.75) is 67.9 Å². The van der Waals surface area contributed by atoms with Crippen LogP contribution in [-0.2, 0) is 4.79 Å². The van der Waals surface area contributed by atoms with Crippen molar-refractivity contribution in [3.05, 3.63) is 96.6 Å². The maximum Gasteiger partial charge on any atom is 0.130 e. The lowest BCUT2D eigenvalue weighted by Gasteiger charge is -2.27. The van der Waals surface area contributed by atoms with Gasteiger partial charge in [0.25, 0.3) is 0 Å². The summed E-state index contributed by atoms with van der Waals surface area (Å²) in [4.78, 5) is 11.6. The number of hydrogen-bond acceptors (Lipinski definition) is 2. The molecule has 0 aromatic heterocycles. The number of nitrogens with one attached hydrogen (secondary N) is 1. The first-order chi connectivity index (χ1) is 15.9. The lowest BCUT2D eigenvalue weighted by molar-refractivity contribution is -0.117. The molecule has 0 aliphatic rings. The van der Waals surface area contributed by atoms with Crippen molar-refractivity contribution in [3.63, 3.8) is 0 Å². The number of carbonyl (C=O) groups excluding carboxylic acids is 1. The molecule has 0 heterocycles. The van der Waals surface area contributed by atoms with E-state index in [1.54, 1.807) is 13.0 Å². The van der Waals surface area contributed by atoms with Crippen LogP contribution in [0.25, 0.3) is 11.1 Å². The van der Waals surface area contributed by atoms with E-state index in [2.05, 4.69) is 56.6 Å². The number of likely N-dealkylation sites (N-methyl/N-ethyl adjacent to an activating group) is 1. The van der Waals surface area contributed by atoms with Gasteiger partial charge >= 0.3 is 0 Å². The smallest absolute Gasteiger partial charge is 0.130 e. The van der Waals surface area contributed by atoms with Gasteiger partial charge in [-0.15, -0.1) is 6.58 Å². The monoisotopic (exact) mass is 449 g/mol. The van der Waals surface area contributed by atoms with Crippen LogP contribution in [0.4, 0.5) is 0 Å². The van der Waals surface area contributed by atoms with Crippen molar-refractivity contribution in [2.24, 2.45) is 5.92 Å². The second kappa shape index (κ2) is 19.9. The Labute approximate surface area is 204 Å². The molecule has 1 N–H and O–H groups in total. The molecule has 0 bridgehead atoms. The molecule has 33 heavy (non-hydrogen) atoms. The summed E-state index contributed by atoms with van der Waals surface area (Å²) in [5, 5.41) is 3.41. The van der Waals surface area contributed by atoms with Crippen molar-refractivity contribution in [1.29, 1.82) is 0 Å². The van der Waals surface area contributed by atoms with E-state index in [-0.39, 0.29) is 17.7 Å². The molecule has 0 saturated heterocycles. The Morgan fingerprint density at radius 2 is 1.30 bits per heavy atom. The summed E-state index contributed by atoms with van der Waals surface area (Å²) < 4.78 is 0. The van der Waals surface area contributed by atoms with Gasteiger partial charge in [0.05, 0.1) is 0 Å². The number of benzene rings is 2. The average Bonchev–Trinajstić information content (AvgIpc) is 2.83. The van der Waals surface area contributed by atoms with Gasteiger partial charge < -0.3 is 10.1 Å². The third-order valence-electron chi connectivity index (χ3n) is 4.84. The van der Waals surface area contributed by atoms with Crippen LogP contribution in [-0.4, -0.2) is 18.9 Å². The highest BCUT2D eigenvalue weighted by molar-refractivity contribution is 6.05. The molecule has 2 rings (SSSR count). The largest absolute Gasteiger partial charge is 0.313 e. The fourth-order valence-corrected chi connectivity index (χ4v) is 3.68. The normalized spacial score (nSPS) is 12.0. The molecule has 2 atom stereocenters. The minimum atomic E-state index is 0.106. The number of hydrogen-bond donors (Lipinski definition) is 1. The Kier molecular flexibility index (Phi) is 19.6. The van der Waals surface area contributed by atoms with Crippen LogP contribution >= 0.6 is 0 Å². The van der Waals surface area contributed by atoms with Crippen molar-refractivity contribution in [3.8, 4) is 0 Å². The zero-order chi connectivity index (χ0) is 25.8. The second-order valence-corrected chi connectivity index (χ2v) is 7.33. The van der Waals surface area contributed by atoms with Crippen LogP contribution in [0.3, 0.4) is 0 Å². The molecule has 2 heteroatoms. The van der Waals surface area contributed by atoms with Crippen LogP contribution in [0.1, 0.15) is 72.9 Å². The maximum absolute atomic E-state index is 11.6. The SMILES string of the molecule is C=C(/C(=C(/C)C(NC)C(C)CC(C)=O)c1ccccc1)c1ccccc1.C=CC.CC.CC. The van der Waals surface area contributed by atoms with E-state index in [0.717, 1.165) is 22.3 Å². The van der Waals surface area contributed by atoms with Crippen LogP contribution < -0.4 is 5.32 Å². The first kappa shape index (κ1) is 32.5. The van der Waals surface area contributed by atoms with Crippen molar-refractivity contribution in [1.82, 2.24) is 5.32 Å². The van der Waals surface area contributed by atoms with Gasteiger partial charge in [-0.05, 0) is 61.6 Å². The van der Waals surface area contributed by atoms with Crippen LogP contribution in [0.2, 0.25) is 0 Å². The molecular formula is C31H47NO. The molecule has 2 nitrogen and oxygen atoms in total. The zero-order valence-electron chi connectivity index (χ0n) is 22.5. The Bertz CT molecular complexity index is 819. The summed E-state index contributed by atoms with van der Waals surface area (Å²) in [6.45, 7) is 23.6. The number of rotatable bonds is 8. The van der Waals surface area contributed by atoms with Crippen molar-refractivity contribution in [2.75, 3.05) is 7.05 Å². The van der Waals surface area contributed by atoms with E-state index in [0.29, 0.717) is 6.42 Å². The summed E-state index contributed by atoms with van der Waals surface area (Å²) in [7, 11) is 1.96. The molecule has 0 fully saturated rings. The van der Waals surface area contributed by atoms with Crippen LogP contribution in [0, 0.1) is 5.92 Å².